The number of carbonyl (C=O) groups is 2. The molecule has 0 spiro atoms. The molecule has 3 aromatic carbocycles. The second-order valence-electron chi connectivity index (χ2n) is 7.21. The number of rotatable bonds is 4. The summed E-state index contributed by atoms with van der Waals surface area (Å²) >= 11 is 0. The van der Waals surface area contributed by atoms with Gasteiger partial charge in [-0.2, -0.15) is 0 Å². The van der Waals surface area contributed by atoms with Crippen molar-refractivity contribution in [1.29, 1.82) is 0 Å². The van der Waals surface area contributed by atoms with E-state index in [1.54, 1.807) is 18.3 Å². The Morgan fingerprint density at radius 2 is 1.43 bits per heavy atom. The molecule has 144 valence electrons. The Balaban J connectivity index is 1.48. The molecule has 1 aliphatic rings. The van der Waals surface area contributed by atoms with Crippen LogP contribution in [0.25, 0.3) is 11.1 Å². The number of amides is 1. The minimum Gasteiger partial charge on any atom is -0.340 e. The second kappa shape index (κ2) is 7.41. The normalized spacial score (nSPS) is 12.7. The number of hydrogen-bond acceptors (Lipinski definition) is 3. The third-order valence-electron chi connectivity index (χ3n) is 5.38. The van der Waals surface area contributed by atoms with Crippen LogP contribution in [0, 0.1) is 0 Å². The van der Waals surface area contributed by atoms with E-state index in [0.717, 1.165) is 22.4 Å². The highest BCUT2D eigenvalue weighted by Crippen LogP contribution is 2.36. The fourth-order valence-electron chi connectivity index (χ4n) is 3.90. The van der Waals surface area contributed by atoms with Gasteiger partial charge in [-0.1, -0.05) is 66.7 Å². The number of pyridine rings is 1. The lowest BCUT2D eigenvalue weighted by Gasteiger charge is -2.19. The second-order valence-corrected chi connectivity index (χ2v) is 7.21. The zero-order chi connectivity index (χ0) is 20.5. The van der Waals surface area contributed by atoms with Crippen molar-refractivity contribution in [3.8, 4) is 11.1 Å². The van der Waals surface area contributed by atoms with Gasteiger partial charge in [-0.15, -0.1) is 0 Å². The van der Waals surface area contributed by atoms with Crippen molar-refractivity contribution in [2.24, 2.45) is 0 Å². The fraction of sp³-hybridized carbons (Fsp3) is 0.0385. The number of nitrogens with zero attached hydrogens (tertiary/aromatic N) is 1. The van der Waals surface area contributed by atoms with Gasteiger partial charge >= 0.3 is 0 Å². The number of carbonyl (C=O) groups excluding carboxylic acids is 2. The number of fused-ring (bicyclic) bond motifs is 3. The quantitative estimate of drug-likeness (QED) is 0.479. The van der Waals surface area contributed by atoms with Gasteiger partial charge in [-0.25, -0.2) is 0 Å². The monoisotopic (exact) mass is 390 g/mol. The van der Waals surface area contributed by atoms with Gasteiger partial charge in [0.1, 0.15) is 0 Å². The Hall–Kier alpha value is -4.05. The lowest BCUT2D eigenvalue weighted by molar-refractivity contribution is 0.0942. The lowest BCUT2D eigenvalue weighted by atomic mass is 10.0. The van der Waals surface area contributed by atoms with Gasteiger partial charge < -0.3 is 5.32 Å². The van der Waals surface area contributed by atoms with Crippen molar-refractivity contribution < 1.29 is 9.59 Å². The molecule has 1 aromatic heterocycles. The van der Waals surface area contributed by atoms with Gasteiger partial charge in [0.2, 0.25) is 0 Å². The standard InChI is InChI=1S/C26H18N2O2/c29-25-21-11-5-4-10-19(21)20-14-13-18(16-22(20)25)26(30)28-24(17-8-2-1-3-9-17)23-12-6-7-15-27-23/h1-16,24H,(H,28,30). The number of ketones is 1. The topological polar surface area (TPSA) is 59.1 Å². The molecule has 0 saturated heterocycles. The zero-order valence-corrected chi connectivity index (χ0v) is 16.1. The van der Waals surface area contributed by atoms with Crippen molar-refractivity contribution >= 4 is 11.7 Å². The van der Waals surface area contributed by atoms with Crippen LogP contribution in [0.1, 0.15) is 43.6 Å². The van der Waals surface area contributed by atoms with Crippen molar-refractivity contribution in [2.45, 2.75) is 6.04 Å². The molecule has 1 amide bonds. The molecule has 4 nitrogen and oxygen atoms in total. The maximum atomic E-state index is 13.1. The number of benzene rings is 3. The van der Waals surface area contributed by atoms with E-state index >= 15 is 0 Å². The summed E-state index contributed by atoms with van der Waals surface area (Å²) in [5, 5.41) is 3.08. The Kier molecular flexibility index (Phi) is 4.45. The molecular weight excluding hydrogens is 372 g/mol. The molecule has 0 radical (unpaired) electrons. The summed E-state index contributed by atoms with van der Waals surface area (Å²) in [6.45, 7) is 0. The van der Waals surface area contributed by atoms with E-state index in [1.165, 1.54) is 0 Å². The number of aromatic nitrogens is 1. The van der Waals surface area contributed by atoms with Crippen LogP contribution in [-0.4, -0.2) is 16.7 Å². The molecule has 5 rings (SSSR count). The zero-order valence-electron chi connectivity index (χ0n) is 16.1. The minimum absolute atomic E-state index is 0.0421. The summed E-state index contributed by atoms with van der Waals surface area (Å²) in [7, 11) is 0. The van der Waals surface area contributed by atoms with Crippen molar-refractivity contribution in [1.82, 2.24) is 10.3 Å². The Morgan fingerprint density at radius 1 is 0.733 bits per heavy atom. The van der Waals surface area contributed by atoms with E-state index in [2.05, 4.69) is 10.3 Å². The Morgan fingerprint density at radius 3 is 2.20 bits per heavy atom. The van der Waals surface area contributed by atoms with Crippen LogP contribution in [0.3, 0.4) is 0 Å². The van der Waals surface area contributed by atoms with Crippen LogP contribution in [-0.2, 0) is 0 Å². The molecular formula is C26H18N2O2. The molecule has 30 heavy (non-hydrogen) atoms. The van der Waals surface area contributed by atoms with Crippen LogP contribution in [0.2, 0.25) is 0 Å². The van der Waals surface area contributed by atoms with Crippen LogP contribution >= 0.6 is 0 Å². The first-order valence-electron chi connectivity index (χ1n) is 9.77. The SMILES string of the molecule is O=C(NC(c1ccccc1)c1ccccn1)c1ccc2c(c1)C(=O)c1ccccc1-2. The van der Waals surface area contributed by atoms with Gasteiger partial charge in [0, 0.05) is 22.9 Å². The molecule has 0 fully saturated rings. The van der Waals surface area contributed by atoms with Crippen molar-refractivity contribution in [2.75, 3.05) is 0 Å². The first kappa shape index (κ1) is 18.0. The smallest absolute Gasteiger partial charge is 0.252 e. The predicted octanol–water partition coefficient (Wildman–Crippen LogP) is 4.81. The van der Waals surface area contributed by atoms with Crippen LogP contribution < -0.4 is 5.32 Å². The van der Waals surface area contributed by atoms with Gasteiger partial charge in [-0.05, 0) is 41.0 Å². The van der Waals surface area contributed by atoms with E-state index in [-0.39, 0.29) is 17.7 Å². The average molecular weight is 390 g/mol. The Bertz CT molecular complexity index is 1210. The molecule has 0 bridgehead atoms. The summed E-state index contributed by atoms with van der Waals surface area (Å²) < 4.78 is 0. The van der Waals surface area contributed by atoms with Crippen molar-refractivity contribution in [3.63, 3.8) is 0 Å². The Labute approximate surface area is 174 Å². The summed E-state index contributed by atoms with van der Waals surface area (Å²) in [6, 6.07) is 27.8. The summed E-state index contributed by atoms with van der Waals surface area (Å²) in [5.74, 6) is -0.291. The van der Waals surface area contributed by atoms with Crippen LogP contribution in [0.15, 0.2) is 97.2 Å². The highest BCUT2D eigenvalue weighted by Gasteiger charge is 2.27. The highest BCUT2D eigenvalue weighted by atomic mass is 16.1. The third kappa shape index (κ3) is 3.08. The molecule has 0 aliphatic heterocycles. The van der Waals surface area contributed by atoms with Gasteiger partial charge in [0.05, 0.1) is 11.7 Å². The molecule has 1 atom stereocenters. The van der Waals surface area contributed by atoms with Gasteiger partial charge in [-0.3, -0.25) is 14.6 Å². The van der Waals surface area contributed by atoms with Crippen LogP contribution in [0.5, 0.6) is 0 Å². The molecule has 1 N–H and O–H groups in total. The summed E-state index contributed by atoms with van der Waals surface area (Å²) in [4.78, 5) is 30.3. The van der Waals surface area contributed by atoms with E-state index in [1.807, 2.05) is 78.9 Å². The van der Waals surface area contributed by atoms with E-state index in [4.69, 9.17) is 0 Å². The largest absolute Gasteiger partial charge is 0.340 e. The van der Waals surface area contributed by atoms with Crippen LogP contribution in [0.4, 0.5) is 0 Å². The van der Waals surface area contributed by atoms with E-state index in [0.29, 0.717) is 16.7 Å². The minimum atomic E-state index is -0.388. The van der Waals surface area contributed by atoms with Gasteiger partial charge in [0.25, 0.3) is 5.91 Å². The van der Waals surface area contributed by atoms with Crippen molar-refractivity contribution in [3.05, 3.63) is 125 Å². The fourth-order valence-corrected chi connectivity index (χ4v) is 3.90. The maximum Gasteiger partial charge on any atom is 0.252 e. The number of nitrogens with one attached hydrogen (secondary N) is 1. The molecule has 4 aromatic rings. The molecule has 1 aliphatic carbocycles. The average Bonchev–Trinajstić information content (AvgIpc) is 3.10. The summed E-state index contributed by atoms with van der Waals surface area (Å²) in [6.07, 6.45) is 1.71. The maximum absolute atomic E-state index is 13.1. The van der Waals surface area contributed by atoms with Gasteiger partial charge in [0.15, 0.2) is 5.78 Å². The van der Waals surface area contributed by atoms with E-state index < -0.39 is 0 Å². The predicted molar refractivity (Wildman–Crippen MR) is 115 cm³/mol. The highest BCUT2D eigenvalue weighted by molar-refractivity contribution is 6.22. The first-order chi connectivity index (χ1) is 14.7. The van der Waals surface area contributed by atoms with E-state index in [9.17, 15) is 9.59 Å². The first-order valence-corrected chi connectivity index (χ1v) is 9.77. The molecule has 4 heteroatoms. The lowest BCUT2D eigenvalue weighted by Crippen LogP contribution is -2.30. The molecule has 0 saturated carbocycles. The third-order valence-corrected chi connectivity index (χ3v) is 5.38. The summed E-state index contributed by atoms with van der Waals surface area (Å²) in [5.41, 5.74) is 5.18. The molecule has 1 unspecified atom stereocenters. The molecule has 1 heterocycles. The number of hydrogen-bond donors (Lipinski definition) is 1.